The Labute approximate surface area is 69.2 Å². The predicted octanol–water partition coefficient (Wildman–Crippen LogP) is -3.41. The van der Waals surface area contributed by atoms with Crippen molar-refractivity contribution in [3.05, 3.63) is 0 Å². The average molecular weight is 179 g/mol. The molecule has 0 rings (SSSR count). The van der Waals surface area contributed by atoms with Crippen molar-refractivity contribution in [3.63, 3.8) is 0 Å². The third-order valence-electron chi connectivity index (χ3n) is 1.48. The number of carbonyl (C=O) groups excluding carboxylic acids is 1. The van der Waals surface area contributed by atoms with E-state index < -0.39 is 37.2 Å². The summed E-state index contributed by atoms with van der Waals surface area (Å²) in [5, 5.41) is 34.5. The molecule has 0 aromatic heterocycles. The summed E-state index contributed by atoms with van der Waals surface area (Å²) >= 11 is 0. The van der Waals surface area contributed by atoms with Crippen molar-refractivity contribution < 1.29 is 25.2 Å². The zero-order chi connectivity index (χ0) is 9.72. The predicted molar refractivity (Wildman–Crippen MR) is 39.2 cm³/mol. The van der Waals surface area contributed by atoms with Gasteiger partial charge in [-0.2, -0.15) is 0 Å². The van der Waals surface area contributed by atoms with Crippen molar-refractivity contribution in [2.45, 2.75) is 18.2 Å². The smallest absolute Gasteiger partial charge is 0.177 e. The van der Waals surface area contributed by atoms with E-state index in [1.807, 2.05) is 0 Å². The second-order valence-electron chi connectivity index (χ2n) is 2.39. The van der Waals surface area contributed by atoms with Crippen molar-refractivity contribution in [2.24, 2.45) is 5.73 Å². The second-order valence-corrected chi connectivity index (χ2v) is 2.39. The van der Waals surface area contributed by atoms with E-state index in [0.717, 1.165) is 0 Å². The van der Waals surface area contributed by atoms with E-state index in [4.69, 9.17) is 26.2 Å². The summed E-state index contributed by atoms with van der Waals surface area (Å²) in [5.74, 6) is -0.782. The highest BCUT2D eigenvalue weighted by Gasteiger charge is 2.27. The molecule has 0 heterocycles. The zero-order valence-electron chi connectivity index (χ0n) is 6.42. The minimum absolute atomic E-state index is 0.687. The summed E-state index contributed by atoms with van der Waals surface area (Å²) in [7, 11) is 0. The van der Waals surface area contributed by atoms with Gasteiger partial charge in [0.25, 0.3) is 0 Å². The van der Waals surface area contributed by atoms with Crippen molar-refractivity contribution in [2.75, 3.05) is 13.2 Å². The lowest BCUT2D eigenvalue weighted by Gasteiger charge is -2.20. The molecule has 0 aliphatic heterocycles. The molecule has 0 saturated carbocycles. The first-order valence-corrected chi connectivity index (χ1v) is 3.40. The average Bonchev–Trinajstić information content (AvgIpc) is 2.12. The second kappa shape index (κ2) is 5.18. The van der Waals surface area contributed by atoms with Crippen LogP contribution in [0.25, 0.3) is 0 Å². The molecular weight excluding hydrogens is 166 g/mol. The molecule has 0 amide bonds. The molecule has 0 fully saturated rings. The van der Waals surface area contributed by atoms with E-state index in [2.05, 4.69) is 0 Å². The van der Waals surface area contributed by atoms with Crippen molar-refractivity contribution in [1.82, 2.24) is 0 Å². The number of Topliss-reactive ketones (excluding diaryl/α,β-unsaturated/α-hetero) is 1. The largest absolute Gasteiger partial charge is 0.394 e. The Morgan fingerprint density at radius 3 is 2.17 bits per heavy atom. The molecule has 0 aliphatic rings. The van der Waals surface area contributed by atoms with Crippen LogP contribution in [0.5, 0.6) is 0 Å². The van der Waals surface area contributed by atoms with Gasteiger partial charge in [0.2, 0.25) is 0 Å². The van der Waals surface area contributed by atoms with Crippen molar-refractivity contribution in [1.29, 1.82) is 0 Å². The molecule has 0 spiro atoms. The van der Waals surface area contributed by atoms with Crippen LogP contribution in [0.4, 0.5) is 0 Å². The van der Waals surface area contributed by atoms with Crippen LogP contribution in [0.3, 0.4) is 0 Å². The Morgan fingerprint density at radius 1 is 1.33 bits per heavy atom. The van der Waals surface area contributed by atoms with Gasteiger partial charge in [0.15, 0.2) is 5.78 Å². The Kier molecular flexibility index (Phi) is 4.95. The minimum Gasteiger partial charge on any atom is -0.394 e. The molecule has 0 saturated heterocycles. The first kappa shape index (κ1) is 11.5. The molecule has 0 radical (unpaired) electrons. The maximum atomic E-state index is 10.6. The number of hydrogen-bond acceptors (Lipinski definition) is 6. The van der Waals surface area contributed by atoms with E-state index in [9.17, 15) is 4.79 Å². The Hall–Kier alpha value is -0.530. The summed E-state index contributed by atoms with van der Waals surface area (Å²) in [6, 6.07) is -1.36. The maximum Gasteiger partial charge on any atom is 0.177 e. The number of aliphatic hydroxyl groups is 4. The highest BCUT2D eigenvalue weighted by molar-refractivity contribution is 5.85. The summed E-state index contributed by atoms with van der Waals surface area (Å²) < 4.78 is 0. The van der Waals surface area contributed by atoms with Crippen LogP contribution in [0.15, 0.2) is 0 Å². The third kappa shape index (κ3) is 2.84. The van der Waals surface area contributed by atoms with Crippen LogP contribution in [-0.2, 0) is 4.79 Å². The lowest BCUT2D eigenvalue weighted by Crippen LogP contribution is -2.50. The lowest BCUT2D eigenvalue weighted by molar-refractivity contribution is -0.128. The van der Waals surface area contributed by atoms with E-state index in [1.54, 1.807) is 0 Å². The number of ketones is 1. The summed E-state index contributed by atoms with van der Waals surface area (Å²) in [4.78, 5) is 10.6. The number of hydrogen-bond donors (Lipinski definition) is 5. The molecule has 0 aromatic rings. The third-order valence-corrected chi connectivity index (χ3v) is 1.48. The fourth-order valence-electron chi connectivity index (χ4n) is 0.643. The molecule has 0 unspecified atom stereocenters. The molecule has 0 aliphatic carbocycles. The summed E-state index contributed by atoms with van der Waals surface area (Å²) in [5.41, 5.74) is 5.12. The highest BCUT2D eigenvalue weighted by Crippen LogP contribution is 1.98. The topological polar surface area (TPSA) is 124 Å². The summed E-state index contributed by atoms with van der Waals surface area (Å²) in [6.07, 6.45) is -3.01. The minimum atomic E-state index is -1.55. The lowest BCUT2D eigenvalue weighted by atomic mass is 10.0. The van der Waals surface area contributed by atoms with E-state index >= 15 is 0 Å². The number of nitrogens with two attached hydrogens (primary N) is 1. The van der Waals surface area contributed by atoms with Gasteiger partial charge < -0.3 is 26.2 Å². The van der Waals surface area contributed by atoms with Crippen LogP contribution in [0.1, 0.15) is 0 Å². The van der Waals surface area contributed by atoms with Gasteiger partial charge in [0.1, 0.15) is 18.8 Å². The van der Waals surface area contributed by atoms with E-state index in [-0.39, 0.29) is 0 Å². The van der Waals surface area contributed by atoms with Gasteiger partial charge in [0.05, 0.1) is 12.6 Å². The highest BCUT2D eigenvalue weighted by atomic mass is 16.4. The quantitative estimate of drug-likeness (QED) is 0.299. The van der Waals surface area contributed by atoms with Crippen molar-refractivity contribution in [3.8, 4) is 0 Å². The molecule has 0 aromatic carbocycles. The maximum absolute atomic E-state index is 10.6. The fourth-order valence-corrected chi connectivity index (χ4v) is 0.643. The first-order chi connectivity index (χ1) is 5.54. The van der Waals surface area contributed by atoms with Gasteiger partial charge in [-0.15, -0.1) is 0 Å². The molecule has 6 heteroatoms. The Bertz CT molecular complexity index is 151. The first-order valence-electron chi connectivity index (χ1n) is 3.40. The van der Waals surface area contributed by atoms with Crippen LogP contribution in [0, 0.1) is 0 Å². The van der Waals surface area contributed by atoms with E-state index in [1.165, 1.54) is 0 Å². The fraction of sp³-hybridized carbons (Fsp3) is 0.833. The Morgan fingerprint density at radius 2 is 1.83 bits per heavy atom. The van der Waals surface area contributed by atoms with Gasteiger partial charge in [0, 0.05) is 0 Å². The van der Waals surface area contributed by atoms with Crippen LogP contribution in [-0.4, -0.2) is 57.7 Å². The van der Waals surface area contributed by atoms with Crippen LogP contribution in [0.2, 0.25) is 0 Å². The van der Waals surface area contributed by atoms with Crippen LogP contribution < -0.4 is 5.73 Å². The molecule has 6 nitrogen and oxygen atoms in total. The van der Waals surface area contributed by atoms with Gasteiger partial charge in [-0.05, 0) is 0 Å². The van der Waals surface area contributed by atoms with Gasteiger partial charge in [-0.25, -0.2) is 0 Å². The molecule has 3 atom stereocenters. The number of rotatable bonds is 5. The van der Waals surface area contributed by atoms with Gasteiger partial charge >= 0.3 is 0 Å². The number of carbonyl (C=O) groups is 1. The molecule has 72 valence electrons. The number of aliphatic hydroxyl groups excluding tert-OH is 4. The Balaban J connectivity index is 4.08. The normalized spacial score (nSPS) is 18.4. The standard InChI is InChI=1S/C6H13NO5/c7-5(3(10)1-8)6(12)4(11)2-9/h4-6,8-9,11-12H,1-2,7H2/t4-,5-,6-/m1/s1. The molecule has 6 N–H and O–H groups in total. The van der Waals surface area contributed by atoms with E-state index in [0.29, 0.717) is 0 Å². The van der Waals surface area contributed by atoms with Gasteiger partial charge in [-0.1, -0.05) is 0 Å². The zero-order valence-corrected chi connectivity index (χ0v) is 6.42. The van der Waals surface area contributed by atoms with Crippen molar-refractivity contribution >= 4 is 5.78 Å². The SMILES string of the molecule is N[C@H](C(=O)CO)[C@H](O)[C@H](O)CO. The molecule has 0 bridgehead atoms. The van der Waals surface area contributed by atoms with Crippen LogP contribution >= 0.6 is 0 Å². The van der Waals surface area contributed by atoms with Gasteiger partial charge in [-0.3, -0.25) is 4.79 Å². The monoisotopic (exact) mass is 179 g/mol. The summed E-state index contributed by atoms with van der Waals surface area (Å²) in [6.45, 7) is -1.48. The molecule has 12 heavy (non-hydrogen) atoms. The molecular formula is C6H13NO5.